The normalized spacial score (nSPS) is 11.1. The molecule has 0 radical (unpaired) electrons. The fraction of sp³-hybridized carbons (Fsp3) is 0.0204. The molecule has 16 aromatic carbocycles. The number of nitrogens with one attached hydrogen (secondary N) is 1. The first-order valence-electron chi connectivity index (χ1n) is 34.7. The maximum Gasteiger partial charge on any atom is 0.0541 e. The van der Waals surface area contributed by atoms with Gasteiger partial charge in [-0.1, -0.05) is 249 Å². The molecular weight excluding hydrogens is 1380 g/mol. The molecular formula is C98H73BrN4S2. The van der Waals surface area contributed by atoms with E-state index in [0.29, 0.717) is 0 Å². The number of para-hydroxylation sites is 6. The standard InChI is InChI=1S/C48H32N2S.C36H22BrNS.C12H11N.2CH4/c1-3-16-37(17-4-1)49(38-18-5-2-6-19-38)39-20-12-15-35(30-39)33-13-11-14-34(29-33)36-25-27-46-43(31-36)41-21-7-9-23-45(41)50(46)40-26-28-48-44(32-40)42-22-8-10-24-47(42)51-48;37-27-10-6-9-25(20-27)23-7-5-8-24(19-23)26-15-17-34-31(21-26)29-11-1-3-13-33(29)38(34)28-16-18-36-32(22-28)30-12-2-4-14-35(30)39-36;1-3-7-11(8-4-1)13-12-9-5-2-6-10-12;;/h1-32H;1-22H;1-10,13H;2*1H4. The Bertz CT molecular complexity index is 6420. The van der Waals surface area contributed by atoms with Crippen LogP contribution in [0, 0.1) is 0 Å². The lowest BCUT2D eigenvalue weighted by molar-refractivity contribution is 1.19. The summed E-state index contributed by atoms with van der Waals surface area (Å²) in [4.78, 5) is 2.32. The van der Waals surface area contributed by atoms with E-state index in [-0.39, 0.29) is 14.9 Å². The van der Waals surface area contributed by atoms with Crippen molar-refractivity contribution in [3.63, 3.8) is 0 Å². The fourth-order valence-corrected chi connectivity index (χ4v) is 17.2. The van der Waals surface area contributed by atoms with Crippen LogP contribution in [0.1, 0.15) is 14.9 Å². The molecule has 0 spiro atoms. The number of halogens is 1. The predicted molar refractivity (Wildman–Crippen MR) is 461 cm³/mol. The largest absolute Gasteiger partial charge is 0.356 e. The topological polar surface area (TPSA) is 25.1 Å². The van der Waals surface area contributed by atoms with E-state index in [1.165, 1.54) is 140 Å². The van der Waals surface area contributed by atoms with Crippen LogP contribution in [0.5, 0.6) is 0 Å². The van der Waals surface area contributed by atoms with E-state index in [4.69, 9.17) is 0 Å². The minimum atomic E-state index is 0. The Morgan fingerprint density at radius 1 is 0.229 bits per heavy atom. The fourth-order valence-electron chi connectivity index (χ4n) is 14.6. The van der Waals surface area contributed by atoms with Crippen LogP contribution in [0.25, 0.3) is 140 Å². The van der Waals surface area contributed by atoms with Crippen LogP contribution in [0.2, 0.25) is 0 Å². The summed E-state index contributed by atoms with van der Waals surface area (Å²) in [6, 6.07) is 139. The van der Waals surface area contributed by atoms with Gasteiger partial charge in [-0.05, 0) is 214 Å². The maximum atomic E-state index is 3.62. The molecule has 1 N–H and O–H groups in total. The van der Waals surface area contributed by atoms with Crippen molar-refractivity contribution in [1.82, 2.24) is 9.13 Å². The molecule has 4 aromatic heterocycles. The Morgan fingerprint density at radius 3 is 1.01 bits per heavy atom. The van der Waals surface area contributed by atoms with Gasteiger partial charge in [-0.2, -0.15) is 0 Å². The lowest BCUT2D eigenvalue weighted by Gasteiger charge is -2.26. The minimum Gasteiger partial charge on any atom is -0.356 e. The molecule has 7 heteroatoms. The van der Waals surface area contributed by atoms with E-state index >= 15 is 0 Å². The average Bonchev–Trinajstić information content (AvgIpc) is 1.59. The van der Waals surface area contributed by atoms with E-state index in [2.05, 4.69) is 363 Å². The second-order valence-corrected chi connectivity index (χ2v) is 28.9. The summed E-state index contributed by atoms with van der Waals surface area (Å²) < 4.78 is 11.2. The van der Waals surface area contributed by atoms with E-state index in [1.54, 1.807) is 0 Å². The van der Waals surface area contributed by atoms with Crippen molar-refractivity contribution in [3.8, 4) is 55.9 Å². The first kappa shape index (κ1) is 67.1. The molecule has 0 bridgehead atoms. The van der Waals surface area contributed by atoms with E-state index in [1.807, 2.05) is 83.3 Å². The molecule has 105 heavy (non-hydrogen) atoms. The van der Waals surface area contributed by atoms with Gasteiger partial charge < -0.3 is 19.4 Å². The Kier molecular flexibility index (Phi) is 18.9. The van der Waals surface area contributed by atoms with E-state index < -0.39 is 0 Å². The van der Waals surface area contributed by atoms with Gasteiger partial charge in [-0.25, -0.2) is 0 Å². The zero-order chi connectivity index (χ0) is 68.6. The molecule has 20 rings (SSSR count). The number of nitrogens with zero attached hydrogens (tertiary/aromatic N) is 3. The molecule has 0 saturated heterocycles. The molecule has 4 nitrogen and oxygen atoms in total. The van der Waals surface area contributed by atoms with E-state index in [9.17, 15) is 0 Å². The molecule has 0 atom stereocenters. The molecule has 0 aliphatic rings. The van der Waals surface area contributed by atoms with Gasteiger partial charge in [0, 0.05) is 106 Å². The number of thiophene rings is 2. The lowest BCUT2D eigenvalue weighted by Crippen LogP contribution is -2.09. The van der Waals surface area contributed by atoms with Gasteiger partial charge in [0.05, 0.1) is 22.1 Å². The van der Waals surface area contributed by atoms with E-state index in [0.717, 1.165) is 32.9 Å². The van der Waals surface area contributed by atoms with Gasteiger partial charge in [0.1, 0.15) is 0 Å². The highest BCUT2D eigenvalue weighted by molar-refractivity contribution is 9.10. The number of benzene rings is 16. The van der Waals surface area contributed by atoms with Crippen LogP contribution in [0.3, 0.4) is 0 Å². The smallest absolute Gasteiger partial charge is 0.0541 e. The summed E-state index contributed by atoms with van der Waals surface area (Å²) in [5, 5.41) is 13.6. The molecule has 0 saturated carbocycles. The zero-order valence-electron chi connectivity index (χ0n) is 56.0. The average molecular weight is 1450 g/mol. The summed E-state index contributed by atoms with van der Waals surface area (Å²) >= 11 is 7.34. The Labute approximate surface area is 629 Å². The van der Waals surface area contributed by atoms with Crippen LogP contribution < -0.4 is 10.2 Å². The molecule has 4 heterocycles. The van der Waals surface area contributed by atoms with Crippen LogP contribution in [-0.4, -0.2) is 9.13 Å². The first-order valence-corrected chi connectivity index (χ1v) is 37.1. The number of hydrogen-bond acceptors (Lipinski definition) is 4. The highest BCUT2D eigenvalue weighted by Crippen LogP contribution is 2.43. The van der Waals surface area contributed by atoms with Crippen LogP contribution in [0.15, 0.2) is 393 Å². The Hall–Kier alpha value is -12.4. The molecule has 0 aliphatic carbocycles. The molecule has 0 amide bonds. The monoisotopic (exact) mass is 1450 g/mol. The third-order valence-electron chi connectivity index (χ3n) is 19.4. The minimum absolute atomic E-state index is 0. The number of hydrogen-bond donors (Lipinski definition) is 1. The van der Waals surface area contributed by atoms with Crippen molar-refractivity contribution in [2.75, 3.05) is 10.2 Å². The maximum absolute atomic E-state index is 3.62. The summed E-state index contributed by atoms with van der Waals surface area (Å²) in [5.41, 5.74) is 22.5. The predicted octanol–water partition coefficient (Wildman–Crippen LogP) is 29.9. The molecule has 20 aromatic rings. The van der Waals surface area contributed by atoms with Crippen LogP contribution >= 0.6 is 38.6 Å². The summed E-state index contributed by atoms with van der Waals surface area (Å²) in [7, 11) is 0. The van der Waals surface area contributed by atoms with Crippen molar-refractivity contribution >= 4 is 151 Å². The van der Waals surface area contributed by atoms with Crippen molar-refractivity contribution in [2.24, 2.45) is 0 Å². The number of rotatable bonds is 11. The van der Waals surface area contributed by atoms with Gasteiger partial charge in [-0.15, -0.1) is 22.7 Å². The number of fused-ring (bicyclic) bond motifs is 12. The molecule has 504 valence electrons. The van der Waals surface area contributed by atoms with Crippen molar-refractivity contribution < 1.29 is 0 Å². The summed E-state index contributed by atoms with van der Waals surface area (Å²) in [6.45, 7) is 0. The summed E-state index contributed by atoms with van der Waals surface area (Å²) in [5.74, 6) is 0. The lowest BCUT2D eigenvalue weighted by atomic mass is 9.97. The van der Waals surface area contributed by atoms with Gasteiger partial charge in [-0.3, -0.25) is 0 Å². The van der Waals surface area contributed by atoms with Gasteiger partial charge in [0.15, 0.2) is 0 Å². The van der Waals surface area contributed by atoms with Crippen molar-refractivity contribution in [3.05, 3.63) is 393 Å². The zero-order valence-corrected chi connectivity index (χ0v) is 59.2. The SMILES string of the molecule is Brc1cccc(-c2cccc(-c3ccc4c(c3)c3ccccc3n4-c3ccc4sc5ccccc5c4c3)c2)c1.C.C.c1ccc(N(c2ccccc2)c2cccc(-c3cccc(-c4ccc5c(c4)c4ccccc4n5-c4ccc5sc6ccccc6c5c4)c3)c2)cc1.c1ccc(Nc2ccccc2)cc1. The summed E-state index contributed by atoms with van der Waals surface area (Å²) in [6.07, 6.45) is 0. The number of anilines is 5. The van der Waals surface area contributed by atoms with Gasteiger partial charge in [0.25, 0.3) is 0 Å². The third-order valence-corrected chi connectivity index (χ3v) is 22.2. The molecule has 0 fully saturated rings. The number of aromatic nitrogens is 2. The highest BCUT2D eigenvalue weighted by Gasteiger charge is 2.19. The quantitative estimate of drug-likeness (QED) is 0.140. The van der Waals surface area contributed by atoms with Crippen LogP contribution in [0.4, 0.5) is 28.4 Å². The second-order valence-electron chi connectivity index (χ2n) is 25.8. The van der Waals surface area contributed by atoms with Gasteiger partial charge >= 0.3 is 0 Å². The molecule has 0 unspecified atom stereocenters. The van der Waals surface area contributed by atoms with Gasteiger partial charge in [0.2, 0.25) is 0 Å². The second kappa shape index (κ2) is 29.5. The third kappa shape index (κ3) is 13.3. The van der Waals surface area contributed by atoms with Crippen LogP contribution in [-0.2, 0) is 0 Å². The molecule has 0 aliphatic heterocycles. The first-order chi connectivity index (χ1) is 51.0. The Morgan fingerprint density at radius 2 is 0.562 bits per heavy atom. The van der Waals surface area contributed by atoms with Crippen molar-refractivity contribution in [2.45, 2.75) is 14.9 Å². The van der Waals surface area contributed by atoms with Crippen molar-refractivity contribution in [1.29, 1.82) is 0 Å². The highest BCUT2D eigenvalue weighted by atomic mass is 79.9. The Balaban J connectivity index is 0.000000138.